The van der Waals surface area contributed by atoms with Crippen LogP contribution < -0.4 is 0 Å². The van der Waals surface area contributed by atoms with Crippen LogP contribution >= 0.6 is 15.9 Å². The van der Waals surface area contributed by atoms with Gasteiger partial charge in [0.1, 0.15) is 6.29 Å². The molecule has 2 unspecified atom stereocenters. The number of hydrogen-bond donors (Lipinski definition) is 1. The summed E-state index contributed by atoms with van der Waals surface area (Å²) in [7, 11) is 0. The molecule has 0 fully saturated rings. The highest BCUT2D eigenvalue weighted by Crippen LogP contribution is 2.38. The molecule has 0 saturated heterocycles. The maximum Gasteiger partial charge on any atom is 0.142 e. The fourth-order valence-corrected chi connectivity index (χ4v) is 5.13. The first kappa shape index (κ1) is 34.1. The lowest BCUT2D eigenvalue weighted by Crippen LogP contribution is -2.40. The minimum absolute atomic E-state index is 0.310. The lowest BCUT2D eigenvalue weighted by Gasteiger charge is -2.42. The molecule has 202 valence electrons. The van der Waals surface area contributed by atoms with Gasteiger partial charge in [-0.15, -0.1) is 0 Å². The number of carbonyl (C=O) groups is 1. The molecule has 2 atom stereocenters. The van der Waals surface area contributed by atoms with Crippen molar-refractivity contribution >= 4 is 27.9 Å². The lowest BCUT2D eigenvalue weighted by molar-refractivity contribution is -0.104. The number of benzene rings is 1. The van der Waals surface area contributed by atoms with Gasteiger partial charge in [0.2, 0.25) is 0 Å². The Morgan fingerprint density at radius 2 is 1.86 bits per heavy atom. The van der Waals surface area contributed by atoms with Crippen LogP contribution in [0, 0.1) is 5.92 Å². The Hall–Kier alpha value is -1.91. The molecule has 0 saturated carbocycles. The van der Waals surface area contributed by atoms with Crippen molar-refractivity contribution in [3.05, 3.63) is 76.3 Å². The van der Waals surface area contributed by atoms with Gasteiger partial charge in [-0.05, 0) is 92.9 Å². The monoisotopic (exact) mass is 559 g/mol. The van der Waals surface area contributed by atoms with Crippen molar-refractivity contribution in [3.8, 4) is 0 Å². The van der Waals surface area contributed by atoms with Crippen LogP contribution in [0.4, 0.5) is 0 Å². The van der Waals surface area contributed by atoms with Gasteiger partial charge in [-0.25, -0.2) is 0 Å². The fraction of sp³-hybridized carbons (Fsp3) is 0.531. The largest absolute Gasteiger partial charge is 0.386 e. The van der Waals surface area contributed by atoms with Crippen LogP contribution in [0.15, 0.2) is 65.2 Å². The molecule has 1 aromatic rings. The third-order valence-corrected chi connectivity index (χ3v) is 7.39. The Morgan fingerprint density at radius 3 is 2.33 bits per heavy atom. The first-order valence-corrected chi connectivity index (χ1v) is 14.1. The number of rotatable bonds is 10. The number of aldehydes is 1. The van der Waals surface area contributed by atoms with Gasteiger partial charge in [0, 0.05) is 16.7 Å². The van der Waals surface area contributed by atoms with Gasteiger partial charge in [-0.3, -0.25) is 4.79 Å². The molecule has 1 N–H and O–H groups in total. The summed E-state index contributed by atoms with van der Waals surface area (Å²) in [5, 5.41) is 10.6. The van der Waals surface area contributed by atoms with E-state index in [1.807, 2.05) is 33.8 Å². The average Bonchev–Trinajstić information content (AvgIpc) is 2.87. The highest BCUT2D eigenvalue weighted by Gasteiger charge is 2.30. The first-order chi connectivity index (χ1) is 16.9. The van der Waals surface area contributed by atoms with E-state index in [0.29, 0.717) is 12.3 Å². The second-order valence-electron chi connectivity index (χ2n) is 9.79. The van der Waals surface area contributed by atoms with Crippen molar-refractivity contribution in [1.82, 2.24) is 4.90 Å². The molecule has 4 heteroatoms. The normalized spacial score (nSPS) is 16.2. The SMILES string of the molecule is C=C(CCC(C)CC)C1=C(C)CCN(C(=C)c2ccc(Br)c(C(C)(C)O)c2)C1CC.C=CC=O.CC. The van der Waals surface area contributed by atoms with Crippen molar-refractivity contribution in [2.24, 2.45) is 5.92 Å². The molecule has 0 radical (unpaired) electrons. The van der Waals surface area contributed by atoms with Crippen LogP contribution in [0.1, 0.15) is 98.6 Å². The molecule has 1 aliphatic rings. The number of halogens is 1. The van der Waals surface area contributed by atoms with Crippen LogP contribution in [0.3, 0.4) is 0 Å². The van der Waals surface area contributed by atoms with E-state index in [4.69, 9.17) is 4.79 Å². The van der Waals surface area contributed by atoms with Gasteiger partial charge < -0.3 is 10.0 Å². The van der Waals surface area contributed by atoms with Gasteiger partial charge in [0.15, 0.2) is 0 Å². The second-order valence-corrected chi connectivity index (χ2v) is 10.6. The topological polar surface area (TPSA) is 40.5 Å². The minimum atomic E-state index is -0.910. The summed E-state index contributed by atoms with van der Waals surface area (Å²) in [6.45, 7) is 29.8. The molecule has 1 aliphatic heterocycles. The molecule has 3 nitrogen and oxygen atoms in total. The highest BCUT2D eigenvalue weighted by atomic mass is 79.9. The zero-order valence-corrected chi connectivity index (χ0v) is 25.7. The van der Waals surface area contributed by atoms with Gasteiger partial charge >= 0.3 is 0 Å². The zero-order valence-electron chi connectivity index (χ0n) is 24.1. The second kappa shape index (κ2) is 16.8. The Balaban J connectivity index is 0.00000185. The molecule has 0 bridgehead atoms. The predicted octanol–water partition coefficient (Wildman–Crippen LogP) is 9.23. The van der Waals surface area contributed by atoms with Gasteiger partial charge in [0.25, 0.3) is 0 Å². The molecule has 1 aromatic carbocycles. The van der Waals surface area contributed by atoms with E-state index in [1.165, 1.54) is 35.6 Å². The van der Waals surface area contributed by atoms with E-state index in [0.717, 1.165) is 53.0 Å². The predicted molar refractivity (Wildman–Crippen MR) is 162 cm³/mol. The van der Waals surface area contributed by atoms with Crippen molar-refractivity contribution in [3.63, 3.8) is 0 Å². The third kappa shape index (κ3) is 9.86. The lowest BCUT2D eigenvalue weighted by atomic mass is 9.83. The number of carbonyl (C=O) groups excluding carboxylic acids is 1. The van der Waals surface area contributed by atoms with E-state index >= 15 is 0 Å². The minimum Gasteiger partial charge on any atom is -0.386 e. The Kier molecular flexibility index (Phi) is 15.9. The van der Waals surface area contributed by atoms with Crippen LogP contribution in [0.25, 0.3) is 5.70 Å². The van der Waals surface area contributed by atoms with E-state index in [1.54, 1.807) is 0 Å². The number of aliphatic hydroxyl groups is 1. The smallest absolute Gasteiger partial charge is 0.142 e. The fourth-order valence-electron chi connectivity index (χ4n) is 4.40. The van der Waals surface area contributed by atoms with Crippen LogP contribution in [-0.4, -0.2) is 28.9 Å². The molecule has 0 amide bonds. The summed E-state index contributed by atoms with van der Waals surface area (Å²) in [4.78, 5) is 11.5. The molecular weight excluding hydrogens is 510 g/mol. The maximum absolute atomic E-state index is 10.6. The summed E-state index contributed by atoms with van der Waals surface area (Å²) in [5.41, 5.74) is 6.28. The molecule has 0 spiro atoms. The first-order valence-electron chi connectivity index (χ1n) is 13.3. The van der Waals surface area contributed by atoms with Crippen molar-refractivity contribution < 1.29 is 9.90 Å². The summed E-state index contributed by atoms with van der Waals surface area (Å²) in [6, 6.07) is 6.50. The van der Waals surface area contributed by atoms with Crippen LogP contribution in [-0.2, 0) is 10.4 Å². The standard InChI is InChI=1S/C27H40BrNO.C3H4O.C2H6/c1-9-18(3)11-12-19(4)26-20(5)15-16-29(25(26)10-2)21(6)22-13-14-24(28)23(17-22)27(7,8)30;1-2-3-4;1-2/h13-14,17-18,25,30H,4,6,9-12,15-16H2,1-3,5,7-8H3;2-3H,1H2;1-2H3. The highest BCUT2D eigenvalue weighted by molar-refractivity contribution is 9.10. The summed E-state index contributed by atoms with van der Waals surface area (Å²) in [6.07, 6.45) is 7.40. The Bertz CT molecular complexity index is 901. The van der Waals surface area contributed by atoms with Crippen molar-refractivity contribution in [1.29, 1.82) is 0 Å². The van der Waals surface area contributed by atoms with Gasteiger partial charge in [0.05, 0.1) is 11.6 Å². The van der Waals surface area contributed by atoms with Crippen molar-refractivity contribution in [2.45, 2.75) is 99.1 Å². The van der Waals surface area contributed by atoms with E-state index < -0.39 is 5.60 Å². The molecular formula is C32H50BrNO2. The molecule has 36 heavy (non-hydrogen) atoms. The number of nitrogens with zero attached hydrogens (tertiary/aromatic N) is 1. The Labute approximate surface area is 230 Å². The van der Waals surface area contributed by atoms with Crippen molar-refractivity contribution in [2.75, 3.05) is 6.54 Å². The van der Waals surface area contributed by atoms with Gasteiger partial charge in [-0.1, -0.05) is 88.3 Å². The van der Waals surface area contributed by atoms with Gasteiger partial charge in [-0.2, -0.15) is 0 Å². The third-order valence-electron chi connectivity index (χ3n) is 6.70. The summed E-state index contributed by atoms with van der Waals surface area (Å²) < 4.78 is 0.923. The average molecular weight is 561 g/mol. The van der Waals surface area contributed by atoms with Crippen LogP contribution in [0.2, 0.25) is 0 Å². The quantitative estimate of drug-likeness (QED) is 0.229. The Morgan fingerprint density at radius 1 is 1.28 bits per heavy atom. The summed E-state index contributed by atoms with van der Waals surface area (Å²) >= 11 is 3.59. The maximum atomic E-state index is 10.6. The molecule has 2 rings (SSSR count). The molecule has 0 aromatic heterocycles. The number of hydrogen-bond acceptors (Lipinski definition) is 3. The van der Waals surface area contributed by atoms with E-state index in [9.17, 15) is 5.11 Å². The van der Waals surface area contributed by atoms with E-state index in [-0.39, 0.29) is 0 Å². The number of allylic oxidation sites excluding steroid dienone is 1. The van der Waals surface area contributed by atoms with Crippen LogP contribution in [0.5, 0.6) is 0 Å². The molecule has 1 heterocycles. The molecule has 0 aliphatic carbocycles. The zero-order chi connectivity index (χ0) is 28.1. The summed E-state index contributed by atoms with van der Waals surface area (Å²) in [5.74, 6) is 0.736. The van der Waals surface area contributed by atoms with E-state index in [2.05, 4.69) is 80.4 Å².